The van der Waals surface area contributed by atoms with Crippen LogP contribution in [0.25, 0.3) is 0 Å². The van der Waals surface area contributed by atoms with E-state index in [1.54, 1.807) is 37.3 Å². The first-order chi connectivity index (χ1) is 20.1. The SMILES string of the molecule is COc1ccc(S(=O)(=O)N(CC(=O)N(Cc2ccc(Br)cc2)[C@@H](C)C(=O)NC2CCCCC2)c2cccc(Cl)c2)cc1. The monoisotopic (exact) mass is 675 g/mol. The van der Waals surface area contributed by atoms with E-state index in [4.69, 9.17) is 16.3 Å². The first kappa shape index (κ1) is 31.8. The van der Waals surface area contributed by atoms with Crippen molar-refractivity contribution in [2.24, 2.45) is 0 Å². The Morgan fingerprint density at radius 1 is 1.02 bits per heavy atom. The molecule has 8 nitrogen and oxygen atoms in total. The second-order valence-corrected chi connectivity index (χ2v) is 13.5. The van der Waals surface area contributed by atoms with Crippen LogP contribution in [0.5, 0.6) is 5.75 Å². The van der Waals surface area contributed by atoms with Crippen LogP contribution in [0.1, 0.15) is 44.6 Å². The van der Waals surface area contributed by atoms with Crippen molar-refractivity contribution in [1.29, 1.82) is 0 Å². The molecule has 0 saturated heterocycles. The lowest BCUT2D eigenvalue weighted by atomic mass is 9.95. The number of halogens is 2. The first-order valence-corrected chi connectivity index (χ1v) is 16.5. The highest BCUT2D eigenvalue weighted by Gasteiger charge is 2.33. The summed E-state index contributed by atoms with van der Waals surface area (Å²) >= 11 is 9.67. The molecule has 3 aromatic carbocycles. The molecule has 0 aliphatic heterocycles. The fourth-order valence-corrected chi connectivity index (χ4v) is 6.83. The molecule has 0 radical (unpaired) electrons. The van der Waals surface area contributed by atoms with Gasteiger partial charge >= 0.3 is 0 Å². The number of carbonyl (C=O) groups is 2. The van der Waals surface area contributed by atoms with Crippen LogP contribution < -0.4 is 14.4 Å². The Kier molecular flexibility index (Phi) is 10.9. The fourth-order valence-electron chi connectivity index (χ4n) is 4.97. The zero-order valence-corrected chi connectivity index (χ0v) is 26.8. The van der Waals surface area contributed by atoms with Crippen LogP contribution in [0.3, 0.4) is 0 Å². The summed E-state index contributed by atoms with van der Waals surface area (Å²) in [6, 6.07) is 18.9. The van der Waals surface area contributed by atoms with Crippen molar-refractivity contribution < 1.29 is 22.7 Å². The molecule has 1 saturated carbocycles. The second-order valence-electron chi connectivity index (χ2n) is 10.3. The van der Waals surface area contributed by atoms with Gasteiger partial charge in [-0.1, -0.05) is 65.0 Å². The summed E-state index contributed by atoms with van der Waals surface area (Å²) in [5.41, 5.74) is 1.03. The van der Waals surface area contributed by atoms with Gasteiger partial charge in [-0.3, -0.25) is 13.9 Å². The zero-order chi connectivity index (χ0) is 30.3. The Hall–Kier alpha value is -3.08. The first-order valence-electron chi connectivity index (χ1n) is 13.8. The maximum Gasteiger partial charge on any atom is 0.264 e. The van der Waals surface area contributed by atoms with Crippen LogP contribution >= 0.6 is 27.5 Å². The van der Waals surface area contributed by atoms with Gasteiger partial charge in [-0.15, -0.1) is 0 Å². The molecule has 3 aromatic rings. The number of sulfonamides is 1. The highest BCUT2D eigenvalue weighted by molar-refractivity contribution is 9.10. The van der Waals surface area contributed by atoms with E-state index in [1.165, 1.54) is 30.2 Å². The molecule has 1 N–H and O–H groups in total. The van der Waals surface area contributed by atoms with E-state index in [9.17, 15) is 18.0 Å². The molecule has 0 spiro atoms. The second kappa shape index (κ2) is 14.4. The Balaban J connectivity index is 1.67. The summed E-state index contributed by atoms with van der Waals surface area (Å²) in [5.74, 6) is -0.293. The van der Waals surface area contributed by atoms with Gasteiger partial charge in [0.15, 0.2) is 0 Å². The smallest absolute Gasteiger partial charge is 0.264 e. The minimum atomic E-state index is -4.21. The van der Waals surface area contributed by atoms with Crippen LogP contribution in [0.2, 0.25) is 5.02 Å². The van der Waals surface area contributed by atoms with Gasteiger partial charge in [-0.05, 0) is 79.9 Å². The highest BCUT2D eigenvalue weighted by Crippen LogP contribution is 2.28. The normalized spacial score (nSPS) is 14.6. The topological polar surface area (TPSA) is 96.0 Å². The Morgan fingerprint density at radius 3 is 2.31 bits per heavy atom. The number of hydrogen-bond acceptors (Lipinski definition) is 5. The molecule has 0 aromatic heterocycles. The van der Waals surface area contributed by atoms with E-state index in [-0.39, 0.29) is 29.1 Å². The number of ether oxygens (including phenoxy) is 1. The fraction of sp³-hybridized carbons (Fsp3) is 0.355. The Labute approximate surface area is 261 Å². The third kappa shape index (κ3) is 8.05. The Morgan fingerprint density at radius 2 is 1.69 bits per heavy atom. The summed E-state index contributed by atoms with van der Waals surface area (Å²) in [6.45, 7) is 1.26. The van der Waals surface area contributed by atoms with Gasteiger partial charge in [0.2, 0.25) is 11.8 Å². The van der Waals surface area contributed by atoms with Gasteiger partial charge in [0.05, 0.1) is 17.7 Å². The van der Waals surface area contributed by atoms with Crippen molar-refractivity contribution in [2.45, 2.75) is 62.6 Å². The van der Waals surface area contributed by atoms with Crippen LogP contribution in [0, 0.1) is 0 Å². The van der Waals surface area contributed by atoms with Crippen LogP contribution in [-0.2, 0) is 26.2 Å². The molecule has 42 heavy (non-hydrogen) atoms. The summed E-state index contributed by atoms with van der Waals surface area (Å²) in [6.07, 6.45) is 5.07. The number of anilines is 1. The third-order valence-electron chi connectivity index (χ3n) is 7.41. The third-order valence-corrected chi connectivity index (χ3v) is 9.96. The van der Waals surface area contributed by atoms with Gasteiger partial charge in [-0.2, -0.15) is 0 Å². The maximum absolute atomic E-state index is 14.1. The number of amides is 2. The molecule has 224 valence electrons. The lowest BCUT2D eigenvalue weighted by Gasteiger charge is -2.33. The van der Waals surface area contributed by atoms with Crippen molar-refractivity contribution in [1.82, 2.24) is 10.2 Å². The quantitative estimate of drug-likeness (QED) is 0.262. The number of methoxy groups -OCH3 is 1. The molecule has 1 fully saturated rings. The van der Waals surface area contributed by atoms with Crippen molar-refractivity contribution in [3.8, 4) is 5.75 Å². The van der Waals surface area contributed by atoms with Gasteiger partial charge < -0.3 is 15.0 Å². The van der Waals surface area contributed by atoms with E-state index < -0.39 is 28.5 Å². The number of nitrogens with zero attached hydrogens (tertiary/aromatic N) is 2. The lowest BCUT2D eigenvalue weighted by molar-refractivity contribution is -0.139. The Bertz CT molecular complexity index is 1480. The standard InChI is InChI=1S/C31H35BrClN3O5S/c1-22(31(38)34-26-8-4-3-5-9-26)35(20-23-11-13-24(32)14-12-23)30(37)21-36(27-10-6-7-25(33)19-27)42(39,40)29-17-15-28(41-2)16-18-29/h6-7,10-19,22,26H,3-5,8-9,20-21H2,1-2H3,(H,34,38)/t22-/m0/s1. The van der Waals surface area contributed by atoms with Crippen molar-refractivity contribution in [3.63, 3.8) is 0 Å². The van der Waals surface area contributed by atoms with Crippen molar-refractivity contribution >= 4 is 55.1 Å². The summed E-state index contributed by atoms with van der Waals surface area (Å²) < 4.78 is 35.0. The minimum absolute atomic E-state index is 0.0152. The molecular weight excluding hydrogens is 642 g/mol. The van der Waals surface area contributed by atoms with Crippen molar-refractivity contribution in [3.05, 3.63) is 87.9 Å². The average molecular weight is 677 g/mol. The predicted octanol–water partition coefficient (Wildman–Crippen LogP) is 6.17. The molecule has 0 unspecified atom stereocenters. The minimum Gasteiger partial charge on any atom is -0.497 e. The highest BCUT2D eigenvalue weighted by atomic mass is 79.9. The molecule has 0 bridgehead atoms. The number of hydrogen-bond donors (Lipinski definition) is 1. The molecule has 0 heterocycles. The molecule has 4 rings (SSSR count). The zero-order valence-electron chi connectivity index (χ0n) is 23.6. The van der Waals surface area contributed by atoms with Crippen LogP contribution in [-0.4, -0.2) is 50.9 Å². The van der Waals surface area contributed by atoms with Gasteiger partial charge in [-0.25, -0.2) is 8.42 Å². The summed E-state index contributed by atoms with van der Waals surface area (Å²) in [4.78, 5) is 28.9. The molecular formula is C31H35BrClN3O5S. The van der Waals surface area contributed by atoms with E-state index in [2.05, 4.69) is 21.2 Å². The van der Waals surface area contributed by atoms with E-state index >= 15 is 0 Å². The van der Waals surface area contributed by atoms with E-state index in [0.717, 1.165) is 46.4 Å². The van der Waals surface area contributed by atoms with Gasteiger partial charge in [0, 0.05) is 22.1 Å². The van der Waals surface area contributed by atoms with E-state index in [1.807, 2.05) is 24.3 Å². The molecule has 1 aliphatic rings. The summed E-state index contributed by atoms with van der Waals surface area (Å²) in [7, 11) is -2.71. The number of nitrogens with one attached hydrogen (secondary N) is 1. The number of benzene rings is 3. The van der Waals surface area contributed by atoms with Crippen LogP contribution in [0.15, 0.2) is 82.2 Å². The van der Waals surface area contributed by atoms with E-state index in [0.29, 0.717) is 10.8 Å². The maximum atomic E-state index is 14.1. The number of rotatable bonds is 11. The largest absolute Gasteiger partial charge is 0.497 e. The lowest BCUT2D eigenvalue weighted by Crippen LogP contribution is -2.53. The summed E-state index contributed by atoms with van der Waals surface area (Å²) in [5, 5.41) is 3.43. The van der Waals surface area contributed by atoms with Crippen LogP contribution in [0.4, 0.5) is 5.69 Å². The van der Waals surface area contributed by atoms with Gasteiger partial charge in [0.1, 0.15) is 18.3 Å². The molecule has 1 atom stereocenters. The average Bonchev–Trinajstić information content (AvgIpc) is 2.99. The molecule has 2 amide bonds. The number of carbonyl (C=O) groups excluding carboxylic acids is 2. The molecule has 11 heteroatoms. The van der Waals surface area contributed by atoms with Gasteiger partial charge in [0.25, 0.3) is 10.0 Å². The predicted molar refractivity (Wildman–Crippen MR) is 168 cm³/mol. The molecule has 1 aliphatic carbocycles. The van der Waals surface area contributed by atoms with Crippen molar-refractivity contribution in [2.75, 3.05) is 18.0 Å².